The summed E-state index contributed by atoms with van der Waals surface area (Å²) in [5.74, 6) is 0.856. The third kappa shape index (κ3) is 3.12. The average molecular weight is 334 g/mol. The molecule has 1 atom stereocenters. The second-order valence-corrected chi connectivity index (χ2v) is 8.54. The Kier molecular flexibility index (Phi) is 4.08. The first-order valence-corrected chi connectivity index (χ1v) is 9.99. The summed E-state index contributed by atoms with van der Waals surface area (Å²) >= 11 is 1.37. The van der Waals surface area contributed by atoms with Crippen molar-refractivity contribution in [2.24, 2.45) is 5.92 Å². The van der Waals surface area contributed by atoms with Crippen molar-refractivity contribution in [3.63, 3.8) is 0 Å². The smallest absolute Gasteiger partial charge is 0.308 e. The van der Waals surface area contributed by atoms with Crippen molar-refractivity contribution in [2.75, 3.05) is 0 Å². The summed E-state index contributed by atoms with van der Waals surface area (Å²) in [6.07, 6.45) is 10.3. The number of thiazole rings is 1. The fraction of sp³-hybridized carbons (Fsp3) is 0.778. The lowest BCUT2D eigenvalue weighted by Gasteiger charge is -2.30. The maximum atomic E-state index is 13.0. The van der Waals surface area contributed by atoms with Gasteiger partial charge in [0.05, 0.1) is 0 Å². The number of amides is 1. The number of aryl methyl sites for hydroxylation is 1. The van der Waals surface area contributed by atoms with Gasteiger partial charge >= 0.3 is 4.87 Å². The largest absolute Gasteiger partial charge is 0.335 e. The lowest BCUT2D eigenvalue weighted by atomic mass is 10.1. The van der Waals surface area contributed by atoms with Gasteiger partial charge < -0.3 is 4.90 Å². The number of hydrogen-bond donors (Lipinski definition) is 0. The van der Waals surface area contributed by atoms with Gasteiger partial charge in [0.15, 0.2) is 0 Å². The fourth-order valence-electron chi connectivity index (χ4n) is 4.00. The van der Waals surface area contributed by atoms with Gasteiger partial charge in [0.2, 0.25) is 5.91 Å². The monoisotopic (exact) mass is 334 g/mol. The van der Waals surface area contributed by atoms with Gasteiger partial charge in [-0.05, 0) is 64.2 Å². The lowest BCUT2D eigenvalue weighted by molar-refractivity contribution is -0.135. The molecule has 1 aromatic rings. The van der Waals surface area contributed by atoms with Crippen LogP contribution in [0.25, 0.3) is 0 Å². The predicted molar refractivity (Wildman–Crippen MR) is 91.9 cm³/mol. The summed E-state index contributed by atoms with van der Waals surface area (Å²) in [7, 11) is 0. The molecule has 5 heteroatoms. The maximum absolute atomic E-state index is 13.0. The van der Waals surface area contributed by atoms with Crippen molar-refractivity contribution < 1.29 is 4.79 Å². The number of carbonyl (C=O) groups is 1. The van der Waals surface area contributed by atoms with E-state index in [0.29, 0.717) is 18.0 Å². The van der Waals surface area contributed by atoms with Crippen LogP contribution in [0.15, 0.2) is 4.79 Å². The molecule has 3 aliphatic carbocycles. The standard InChI is InChI=1S/C18H26N2O2S/c1-12(13-7-8-13)20(14-9-10-14)17(21)11-19-15-5-3-2-4-6-16(15)23-18(19)22/h12-14H,2-11H2,1H3/t12-/m0/s1. The fourth-order valence-corrected chi connectivity index (χ4v) is 5.08. The third-order valence-electron chi connectivity index (χ3n) is 5.66. The Labute approximate surface area is 141 Å². The molecule has 0 N–H and O–H groups in total. The van der Waals surface area contributed by atoms with E-state index in [0.717, 1.165) is 37.8 Å². The molecule has 2 saturated carbocycles. The lowest BCUT2D eigenvalue weighted by Crippen LogP contribution is -2.44. The quantitative estimate of drug-likeness (QED) is 0.777. The first-order valence-electron chi connectivity index (χ1n) is 9.17. The number of fused-ring (bicyclic) bond motifs is 1. The average Bonchev–Trinajstić information content (AvgIpc) is 3.38. The first-order chi connectivity index (χ1) is 11.1. The van der Waals surface area contributed by atoms with Gasteiger partial charge in [-0.25, -0.2) is 0 Å². The highest BCUT2D eigenvalue weighted by molar-refractivity contribution is 7.09. The molecule has 1 aromatic heterocycles. The zero-order valence-corrected chi connectivity index (χ0v) is 14.7. The Morgan fingerprint density at radius 3 is 2.65 bits per heavy atom. The molecule has 0 spiro atoms. The highest BCUT2D eigenvalue weighted by Crippen LogP contribution is 2.39. The van der Waals surface area contributed by atoms with Crippen LogP contribution in [0, 0.1) is 5.92 Å². The van der Waals surface area contributed by atoms with E-state index in [9.17, 15) is 9.59 Å². The second-order valence-electron chi connectivity index (χ2n) is 7.49. The number of nitrogens with zero attached hydrogens (tertiary/aromatic N) is 2. The molecule has 4 nitrogen and oxygen atoms in total. The van der Waals surface area contributed by atoms with E-state index in [1.807, 2.05) is 0 Å². The summed E-state index contributed by atoms with van der Waals surface area (Å²) in [5, 5.41) is 0. The molecule has 0 aliphatic heterocycles. The Morgan fingerprint density at radius 1 is 1.22 bits per heavy atom. The van der Waals surface area contributed by atoms with Crippen molar-refractivity contribution in [2.45, 2.75) is 83.3 Å². The summed E-state index contributed by atoms with van der Waals surface area (Å²) in [6, 6.07) is 0.786. The number of carbonyl (C=O) groups excluding carboxylic acids is 1. The van der Waals surface area contributed by atoms with Gasteiger partial charge in [-0.15, -0.1) is 0 Å². The molecule has 1 amide bonds. The van der Waals surface area contributed by atoms with Gasteiger partial charge in [-0.3, -0.25) is 14.2 Å². The van der Waals surface area contributed by atoms with E-state index < -0.39 is 0 Å². The molecule has 0 saturated heterocycles. The molecule has 0 aromatic carbocycles. The van der Waals surface area contributed by atoms with Crippen molar-refractivity contribution >= 4 is 17.2 Å². The zero-order chi connectivity index (χ0) is 16.0. The van der Waals surface area contributed by atoms with Crippen molar-refractivity contribution in [1.29, 1.82) is 0 Å². The second kappa shape index (κ2) is 6.08. The molecule has 2 fully saturated rings. The van der Waals surface area contributed by atoms with Gasteiger partial charge in [-0.2, -0.15) is 0 Å². The Bertz CT molecular complexity index is 654. The molecular weight excluding hydrogens is 308 g/mol. The Balaban J connectivity index is 1.56. The highest BCUT2D eigenvalue weighted by Gasteiger charge is 2.41. The van der Waals surface area contributed by atoms with Crippen LogP contribution < -0.4 is 4.87 Å². The molecule has 0 radical (unpaired) electrons. The molecular formula is C18H26N2O2S. The molecule has 3 aliphatic rings. The van der Waals surface area contributed by atoms with E-state index in [2.05, 4.69) is 11.8 Å². The van der Waals surface area contributed by atoms with E-state index in [-0.39, 0.29) is 17.3 Å². The predicted octanol–water partition coefficient (Wildman–Crippen LogP) is 2.97. The maximum Gasteiger partial charge on any atom is 0.308 e. The molecule has 4 rings (SSSR count). The normalized spacial score (nSPS) is 22.3. The third-order valence-corrected chi connectivity index (χ3v) is 6.74. The summed E-state index contributed by atoms with van der Waals surface area (Å²) in [5.41, 5.74) is 1.15. The van der Waals surface area contributed by atoms with Crippen LogP contribution in [0.4, 0.5) is 0 Å². The summed E-state index contributed by atoms with van der Waals surface area (Å²) in [4.78, 5) is 28.8. The van der Waals surface area contributed by atoms with Gasteiger partial charge in [-0.1, -0.05) is 17.8 Å². The molecule has 23 heavy (non-hydrogen) atoms. The molecule has 126 valence electrons. The van der Waals surface area contributed by atoms with Crippen molar-refractivity contribution in [3.05, 3.63) is 20.2 Å². The number of hydrogen-bond acceptors (Lipinski definition) is 3. The van der Waals surface area contributed by atoms with Crippen LogP contribution in [0.1, 0.15) is 62.4 Å². The Hall–Kier alpha value is -1.10. The summed E-state index contributed by atoms with van der Waals surface area (Å²) < 4.78 is 1.79. The van der Waals surface area contributed by atoms with Crippen LogP contribution >= 0.6 is 11.3 Å². The number of aromatic nitrogens is 1. The van der Waals surface area contributed by atoms with Crippen LogP contribution in [0.5, 0.6) is 0 Å². The SMILES string of the molecule is C[C@@H](C1CC1)N(C(=O)Cn1c2c(sc1=O)CCCCC2)C1CC1. The topological polar surface area (TPSA) is 42.3 Å². The molecule has 0 bridgehead atoms. The van der Waals surface area contributed by atoms with E-state index >= 15 is 0 Å². The van der Waals surface area contributed by atoms with Crippen LogP contribution in [-0.2, 0) is 24.2 Å². The van der Waals surface area contributed by atoms with Gasteiger partial charge in [0.25, 0.3) is 0 Å². The minimum absolute atomic E-state index is 0.0695. The van der Waals surface area contributed by atoms with Crippen LogP contribution in [-0.4, -0.2) is 27.5 Å². The van der Waals surface area contributed by atoms with Crippen molar-refractivity contribution in [3.8, 4) is 0 Å². The molecule has 1 heterocycles. The zero-order valence-electron chi connectivity index (χ0n) is 13.9. The Morgan fingerprint density at radius 2 is 1.96 bits per heavy atom. The summed E-state index contributed by atoms with van der Waals surface area (Å²) in [6.45, 7) is 2.46. The van der Waals surface area contributed by atoms with E-state index in [4.69, 9.17) is 0 Å². The van der Waals surface area contributed by atoms with Gasteiger partial charge in [0.1, 0.15) is 6.54 Å². The highest BCUT2D eigenvalue weighted by atomic mass is 32.1. The minimum atomic E-state index is 0.0695. The van der Waals surface area contributed by atoms with Crippen molar-refractivity contribution in [1.82, 2.24) is 9.47 Å². The van der Waals surface area contributed by atoms with E-state index in [1.165, 1.54) is 41.9 Å². The molecule has 0 unspecified atom stereocenters. The number of rotatable bonds is 5. The van der Waals surface area contributed by atoms with Crippen LogP contribution in [0.3, 0.4) is 0 Å². The van der Waals surface area contributed by atoms with Gasteiger partial charge in [0, 0.05) is 22.7 Å². The minimum Gasteiger partial charge on any atom is -0.335 e. The van der Waals surface area contributed by atoms with E-state index in [1.54, 1.807) is 4.57 Å². The first kappa shape index (κ1) is 15.4. The van der Waals surface area contributed by atoms with Crippen LogP contribution in [0.2, 0.25) is 0 Å².